The van der Waals surface area contributed by atoms with Gasteiger partial charge in [-0.3, -0.25) is 9.80 Å². The van der Waals surface area contributed by atoms with E-state index < -0.39 is 5.60 Å². The quantitative estimate of drug-likeness (QED) is 0.905. The molecule has 1 aliphatic heterocycles. The number of rotatable bonds is 4. The number of nitrogens with one attached hydrogen (secondary N) is 1. The number of hydrogen-bond donors (Lipinski definition) is 2. The molecule has 1 aromatic heterocycles. The van der Waals surface area contributed by atoms with Crippen LogP contribution in [0.25, 0.3) is 11.0 Å². The van der Waals surface area contributed by atoms with Gasteiger partial charge < -0.3 is 10.1 Å². The van der Waals surface area contributed by atoms with Crippen LogP contribution in [-0.2, 0) is 6.54 Å². The first-order valence-electron chi connectivity index (χ1n) is 9.31. The average Bonchev–Trinajstić information content (AvgIpc) is 2.99. The van der Waals surface area contributed by atoms with Crippen molar-refractivity contribution in [3.8, 4) is 0 Å². The summed E-state index contributed by atoms with van der Waals surface area (Å²) in [5, 5.41) is 10.7. The van der Waals surface area contributed by atoms with E-state index in [1.54, 1.807) is 0 Å². The lowest BCUT2D eigenvalue weighted by Crippen LogP contribution is -2.52. The molecular weight excluding hydrogens is 300 g/mol. The van der Waals surface area contributed by atoms with Gasteiger partial charge in [0, 0.05) is 32.7 Å². The molecule has 2 aliphatic rings. The lowest BCUT2D eigenvalue weighted by molar-refractivity contribution is -0.0361. The van der Waals surface area contributed by atoms with Crippen LogP contribution in [0.1, 0.15) is 37.9 Å². The van der Waals surface area contributed by atoms with E-state index in [1.807, 2.05) is 12.1 Å². The Morgan fingerprint density at radius 2 is 1.71 bits per heavy atom. The van der Waals surface area contributed by atoms with Crippen LogP contribution in [0.5, 0.6) is 0 Å². The maximum Gasteiger partial charge on any atom is 0.121 e. The topological polar surface area (TPSA) is 55.4 Å². The summed E-state index contributed by atoms with van der Waals surface area (Å²) in [6.07, 6.45) is 5.61. The van der Waals surface area contributed by atoms with Crippen molar-refractivity contribution in [2.75, 3.05) is 32.7 Å². The summed E-state index contributed by atoms with van der Waals surface area (Å²) in [5.41, 5.74) is 1.73. The molecule has 2 fully saturated rings. The van der Waals surface area contributed by atoms with E-state index in [0.29, 0.717) is 0 Å². The maximum atomic E-state index is 10.7. The zero-order valence-electron chi connectivity index (χ0n) is 14.4. The molecular formula is C19H28N4O. The van der Waals surface area contributed by atoms with Crippen molar-refractivity contribution < 1.29 is 5.11 Å². The van der Waals surface area contributed by atoms with Gasteiger partial charge >= 0.3 is 0 Å². The Morgan fingerprint density at radius 3 is 2.46 bits per heavy atom. The minimum atomic E-state index is -0.431. The molecule has 0 amide bonds. The number of H-pyrrole nitrogens is 1. The zero-order chi connectivity index (χ0) is 16.4. The summed E-state index contributed by atoms with van der Waals surface area (Å²) < 4.78 is 0. The van der Waals surface area contributed by atoms with Crippen LogP contribution in [0.2, 0.25) is 0 Å². The first kappa shape index (κ1) is 16.1. The van der Waals surface area contributed by atoms with Gasteiger partial charge in [0.15, 0.2) is 0 Å². The highest BCUT2D eigenvalue weighted by atomic mass is 16.3. The molecule has 0 bridgehead atoms. The smallest absolute Gasteiger partial charge is 0.121 e. The van der Waals surface area contributed by atoms with E-state index in [9.17, 15) is 5.11 Å². The van der Waals surface area contributed by atoms with Crippen LogP contribution in [-0.4, -0.2) is 63.2 Å². The van der Waals surface area contributed by atoms with Crippen LogP contribution in [0.3, 0.4) is 0 Å². The van der Waals surface area contributed by atoms with Gasteiger partial charge in [-0.25, -0.2) is 4.98 Å². The summed E-state index contributed by atoms with van der Waals surface area (Å²) in [6.45, 7) is 5.92. The van der Waals surface area contributed by atoms with Crippen molar-refractivity contribution in [1.82, 2.24) is 19.8 Å². The molecule has 1 aliphatic carbocycles. The zero-order valence-corrected chi connectivity index (χ0v) is 14.4. The van der Waals surface area contributed by atoms with Gasteiger partial charge in [-0.1, -0.05) is 31.4 Å². The van der Waals surface area contributed by atoms with E-state index in [2.05, 4.69) is 31.9 Å². The standard InChI is InChI=1S/C19H28N4O/c24-19(8-4-1-5-9-19)15-23-12-10-22(11-13-23)14-18-20-16-6-2-3-7-17(16)21-18/h2-3,6-7,24H,1,4-5,8-15H2,(H,20,21). The molecule has 5 heteroatoms. The van der Waals surface area contributed by atoms with Crippen molar-refractivity contribution in [2.24, 2.45) is 0 Å². The third kappa shape index (κ3) is 3.63. The summed E-state index contributed by atoms with van der Waals surface area (Å²) in [7, 11) is 0. The Kier molecular flexibility index (Phi) is 4.57. The number of piperazine rings is 1. The average molecular weight is 328 g/mol. The summed E-state index contributed by atoms with van der Waals surface area (Å²) in [4.78, 5) is 13.0. The highest BCUT2D eigenvalue weighted by Crippen LogP contribution is 2.29. The second-order valence-electron chi connectivity index (χ2n) is 7.54. The fraction of sp³-hybridized carbons (Fsp3) is 0.632. The van der Waals surface area contributed by atoms with E-state index in [1.165, 1.54) is 19.3 Å². The first-order valence-corrected chi connectivity index (χ1v) is 9.31. The molecule has 2 heterocycles. The number of aromatic amines is 1. The third-order valence-electron chi connectivity index (χ3n) is 5.58. The molecule has 2 N–H and O–H groups in total. The molecule has 2 aromatic rings. The number of para-hydroxylation sites is 2. The number of fused-ring (bicyclic) bond motifs is 1. The molecule has 1 saturated heterocycles. The molecule has 0 spiro atoms. The SMILES string of the molecule is OC1(CN2CCN(Cc3nc4ccccc4[nH]3)CC2)CCCCC1. The van der Waals surface area contributed by atoms with Crippen molar-refractivity contribution >= 4 is 11.0 Å². The van der Waals surface area contributed by atoms with E-state index in [4.69, 9.17) is 0 Å². The van der Waals surface area contributed by atoms with Gasteiger partial charge in [-0.2, -0.15) is 0 Å². The van der Waals surface area contributed by atoms with Crippen LogP contribution >= 0.6 is 0 Å². The lowest BCUT2D eigenvalue weighted by atomic mass is 9.84. The number of aliphatic hydroxyl groups is 1. The second-order valence-corrected chi connectivity index (χ2v) is 7.54. The Hall–Kier alpha value is -1.43. The number of β-amino-alcohol motifs (C(OH)–C–C–N with tert-alkyl or cyclic N) is 1. The largest absolute Gasteiger partial charge is 0.389 e. The van der Waals surface area contributed by atoms with Crippen molar-refractivity contribution in [1.29, 1.82) is 0 Å². The van der Waals surface area contributed by atoms with Gasteiger partial charge in [0.05, 0.1) is 23.2 Å². The van der Waals surface area contributed by atoms with Gasteiger partial charge in [-0.05, 0) is 25.0 Å². The van der Waals surface area contributed by atoms with E-state index in [0.717, 1.165) is 69.0 Å². The van der Waals surface area contributed by atoms with Crippen molar-refractivity contribution in [2.45, 2.75) is 44.2 Å². The summed E-state index contributed by atoms with van der Waals surface area (Å²) in [6, 6.07) is 8.20. The van der Waals surface area contributed by atoms with Crippen molar-refractivity contribution in [3.05, 3.63) is 30.1 Å². The summed E-state index contributed by atoms with van der Waals surface area (Å²) in [5.74, 6) is 1.05. The Morgan fingerprint density at radius 1 is 1.00 bits per heavy atom. The number of aromatic nitrogens is 2. The monoisotopic (exact) mass is 328 g/mol. The fourth-order valence-electron chi connectivity index (χ4n) is 4.18. The molecule has 1 saturated carbocycles. The number of benzene rings is 1. The van der Waals surface area contributed by atoms with Gasteiger partial charge in [-0.15, -0.1) is 0 Å². The number of hydrogen-bond acceptors (Lipinski definition) is 4. The van der Waals surface area contributed by atoms with Crippen molar-refractivity contribution in [3.63, 3.8) is 0 Å². The molecule has 0 unspecified atom stereocenters. The van der Waals surface area contributed by atoms with Gasteiger partial charge in [0.2, 0.25) is 0 Å². The normalized spacial score (nSPS) is 22.9. The maximum absolute atomic E-state index is 10.7. The minimum absolute atomic E-state index is 0.431. The highest BCUT2D eigenvalue weighted by Gasteiger charge is 2.32. The third-order valence-corrected chi connectivity index (χ3v) is 5.58. The van der Waals surface area contributed by atoms with Crippen LogP contribution < -0.4 is 0 Å². The lowest BCUT2D eigenvalue weighted by Gasteiger charge is -2.40. The van der Waals surface area contributed by atoms with E-state index >= 15 is 0 Å². The fourth-order valence-corrected chi connectivity index (χ4v) is 4.18. The molecule has 4 rings (SSSR count). The molecule has 5 nitrogen and oxygen atoms in total. The minimum Gasteiger partial charge on any atom is -0.389 e. The molecule has 0 radical (unpaired) electrons. The second kappa shape index (κ2) is 6.82. The van der Waals surface area contributed by atoms with Gasteiger partial charge in [0.1, 0.15) is 5.82 Å². The highest BCUT2D eigenvalue weighted by molar-refractivity contribution is 5.74. The predicted molar refractivity (Wildman–Crippen MR) is 95.8 cm³/mol. The van der Waals surface area contributed by atoms with Crippen LogP contribution in [0, 0.1) is 0 Å². The van der Waals surface area contributed by atoms with Crippen LogP contribution in [0.15, 0.2) is 24.3 Å². The number of nitrogens with zero attached hydrogens (tertiary/aromatic N) is 3. The molecule has 0 atom stereocenters. The van der Waals surface area contributed by atoms with Gasteiger partial charge in [0.25, 0.3) is 0 Å². The molecule has 1 aromatic carbocycles. The van der Waals surface area contributed by atoms with E-state index in [-0.39, 0.29) is 0 Å². The summed E-state index contributed by atoms with van der Waals surface area (Å²) >= 11 is 0. The predicted octanol–water partition coefficient (Wildman–Crippen LogP) is 2.38. The van der Waals surface area contributed by atoms with Crippen LogP contribution in [0.4, 0.5) is 0 Å². The Labute approximate surface area is 143 Å². The molecule has 24 heavy (non-hydrogen) atoms. The first-order chi connectivity index (χ1) is 11.7. The number of imidazole rings is 1. The Balaban J connectivity index is 1.29. The molecule has 130 valence electrons. The Bertz CT molecular complexity index is 636.